The molecule has 2 atom stereocenters. The first kappa shape index (κ1) is 11.8. The molecule has 0 radical (unpaired) electrons. The van der Waals surface area contributed by atoms with Gasteiger partial charge in [-0.3, -0.25) is 4.99 Å². The molecule has 3 rings (SSSR count). The minimum atomic E-state index is -0.804. The molecule has 0 bridgehead atoms. The van der Waals surface area contributed by atoms with E-state index in [9.17, 15) is 4.79 Å². The van der Waals surface area contributed by atoms with Crippen molar-refractivity contribution in [1.29, 1.82) is 0 Å². The first-order valence-corrected chi connectivity index (χ1v) is 7.25. The Morgan fingerprint density at radius 3 is 3.00 bits per heavy atom. The van der Waals surface area contributed by atoms with Gasteiger partial charge in [-0.05, 0) is 30.4 Å². The number of carboxylic acid groups (broad SMARTS) is 1. The van der Waals surface area contributed by atoms with E-state index in [4.69, 9.17) is 5.11 Å². The third-order valence-corrected chi connectivity index (χ3v) is 4.79. The van der Waals surface area contributed by atoms with E-state index >= 15 is 0 Å². The molecule has 18 heavy (non-hydrogen) atoms. The topological polar surface area (TPSA) is 49.7 Å². The number of aliphatic carboxylic acids is 1. The number of fused-ring (bicyclic) bond motifs is 1. The molecule has 0 saturated carbocycles. The lowest BCUT2D eigenvalue weighted by Gasteiger charge is -2.25. The van der Waals surface area contributed by atoms with Crippen LogP contribution in [0.15, 0.2) is 29.3 Å². The Morgan fingerprint density at radius 2 is 2.22 bits per heavy atom. The van der Waals surface area contributed by atoms with E-state index < -0.39 is 12.0 Å². The van der Waals surface area contributed by atoms with Crippen LogP contribution >= 0.6 is 11.8 Å². The summed E-state index contributed by atoms with van der Waals surface area (Å²) in [6.07, 6.45) is 3.39. The van der Waals surface area contributed by atoms with Gasteiger partial charge >= 0.3 is 5.97 Å². The molecule has 0 saturated heterocycles. The van der Waals surface area contributed by atoms with Crippen LogP contribution in [0.25, 0.3) is 0 Å². The molecule has 2 unspecified atom stereocenters. The van der Waals surface area contributed by atoms with Crippen LogP contribution in [0.3, 0.4) is 0 Å². The highest BCUT2D eigenvalue weighted by Crippen LogP contribution is 2.38. The summed E-state index contributed by atoms with van der Waals surface area (Å²) in [6.45, 7) is 0. The fourth-order valence-electron chi connectivity index (χ4n) is 2.72. The zero-order valence-electron chi connectivity index (χ0n) is 10.0. The summed E-state index contributed by atoms with van der Waals surface area (Å²) in [7, 11) is 0. The van der Waals surface area contributed by atoms with Gasteiger partial charge in [0.1, 0.15) is 0 Å². The quantitative estimate of drug-likeness (QED) is 0.890. The second-order valence-electron chi connectivity index (χ2n) is 4.78. The lowest BCUT2D eigenvalue weighted by molar-refractivity contribution is -0.137. The monoisotopic (exact) mass is 261 g/mol. The van der Waals surface area contributed by atoms with Crippen LogP contribution in [-0.4, -0.2) is 27.9 Å². The van der Waals surface area contributed by atoms with E-state index in [0.717, 1.165) is 17.9 Å². The summed E-state index contributed by atoms with van der Waals surface area (Å²) >= 11 is 1.62. The van der Waals surface area contributed by atoms with Crippen molar-refractivity contribution in [3.05, 3.63) is 35.4 Å². The molecule has 0 spiro atoms. The zero-order valence-corrected chi connectivity index (χ0v) is 10.8. The molecule has 0 aromatic heterocycles. The smallest absolute Gasteiger partial charge is 0.329 e. The number of hydrogen-bond acceptors (Lipinski definition) is 3. The molecule has 1 aliphatic heterocycles. The van der Waals surface area contributed by atoms with Crippen LogP contribution in [0.1, 0.15) is 29.9 Å². The molecule has 1 aromatic rings. The minimum absolute atomic E-state index is 0.323. The highest BCUT2D eigenvalue weighted by molar-refractivity contribution is 8.14. The average Bonchev–Trinajstić information content (AvgIpc) is 2.87. The molecule has 0 fully saturated rings. The Hall–Kier alpha value is -1.29. The number of aliphatic imine (C=N–C) groups is 1. The predicted octanol–water partition coefficient (Wildman–Crippen LogP) is 2.71. The molecule has 94 valence electrons. The van der Waals surface area contributed by atoms with Crippen molar-refractivity contribution in [3.8, 4) is 0 Å². The van der Waals surface area contributed by atoms with Crippen LogP contribution in [0.2, 0.25) is 0 Å². The van der Waals surface area contributed by atoms with Crippen molar-refractivity contribution in [2.24, 2.45) is 4.99 Å². The molecule has 2 aliphatic rings. The molecule has 1 aromatic carbocycles. The average molecular weight is 261 g/mol. The van der Waals surface area contributed by atoms with E-state index in [1.807, 2.05) is 0 Å². The largest absolute Gasteiger partial charge is 0.480 e. The highest BCUT2D eigenvalue weighted by Gasteiger charge is 2.31. The number of aryl methyl sites for hydroxylation is 1. The Bertz CT molecular complexity index is 512. The summed E-state index contributed by atoms with van der Waals surface area (Å²) in [5, 5.41) is 10.0. The number of rotatable bonds is 2. The fraction of sp³-hybridized carbons (Fsp3) is 0.429. The second kappa shape index (κ2) is 4.76. The van der Waals surface area contributed by atoms with Gasteiger partial charge in [0.25, 0.3) is 0 Å². The molecule has 3 nitrogen and oxygen atoms in total. The summed E-state index contributed by atoms with van der Waals surface area (Å²) < 4.78 is 0. The van der Waals surface area contributed by atoms with Crippen LogP contribution < -0.4 is 0 Å². The van der Waals surface area contributed by atoms with Crippen LogP contribution in [0.4, 0.5) is 0 Å². The molecular weight excluding hydrogens is 246 g/mol. The lowest BCUT2D eigenvalue weighted by atomic mass is 9.83. The zero-order chi connectivity index (χ0) is 12.5. The highest BCUT2D eigenvalue weighted by atomic mass is 32.2. The molecule has 0 amide bonds. The predicted molar refractivity (Wildman–Crippen MR) is 73.4 cm³/mol. The van der Waals surface area contributed by atoms with E-state index in [1.54, 1.807) is 11.8 Å². The van der Waals surface area contributed by atoms with Gasteiger partial charge in [0, 0.05) is 11.7 Å². The van der Waals surface area contributed by atoms with Gasteiger partial charge in [-0.15, -0.1) is 11.8 Å². The standard InChI is InChI=1S/C14H15NO2S/c16-14(17)12-8-18-13(15-12)11-7-3-5-9-4-1-2-6-10(9)11/h1-2,4,6,11-12H,3,5,7-8H2,(H,16,17). The van der Waals surface area contributed by atoms with Gasteiger partial charge in [0.05, 0.1) is 5.04 Å². The second-order valence-corrected chi connectivity index (χ2v) is 5.82. The molecule has 1 aliphatic carbocycles. The van der Waals surface area contributed by atoms with E-state index in [0.29, 0.717) is 11.7 Å². The Balaban J connectivity index is 1.91. The Labute approximate surface area is 110 Å². The van der Waals surface area contributed by atoms with Gasteiger partial charge < -0.3 is 5.11 Å². The molecule has 1 N–H and O–H groups in total. The van der Waals surface area contributed by atoms with Gasteiger partial charge in [-0.25, -0.2) is 4.79 Å². The van der Waals surface area contributed by atoms with Crippen molar-refractivity contribution in [1.82, 2.24) is 0 Å². The van der Waals surface area contributed by atoms with Gasteiger partial charge in [0.2, 0.25) is 0 Å². The van der Waals surface area contributed by atoms with Crippen molar-refractivity contribution in [2.75, 3.05) is 5.75 Å². The maximum absolute atomic E-state index is 11.0. The third kappa shape index (κ3) is 2.05. The minimum Gasteiger partial charge on any atom is -0.480 e. The van der Waals surface area contributed by atoms with Crippen molar-refractivity contribution in [2.45, 2.75) is 31.2 Å². The van der Waals surface area contributed by atoms with Gasteiger partial charge in [-0.1, -0.05) is 24.3 Å². The number of thioether (sulfide) groups is 1. The lowest BCUT2D eigenvalue weighted by Crippen LogP contribution is -2.18. The van der Waals surface area contributed by atoms with Gasteiger partial charge in [0.15, 0.2) is 6.04 Å². The van der Waals surface area contributed by atoms with Crippen molar-refractivity contribution >= 4 is 22.8 Å². The van der Waals surface area contributed by atoms with Crippen LogP contribution in [0, 0.1) is 0 Å². The SMILES string of the molecule is O=C(O)C1CSC(C2CCCc3ccccc32)=N1. The summed E-state index contributed by atoms with van der Waals surface area (Å²) in [5.41, 5.74) is 2.75. The number of carboxylic acids is 1. The molecule has 4 heteroatoms. The summed E-state index contributed by atoms with van der Waals surface area (Å²) in [5.74, 6) is 0.106. The Morgan fingerprint density at radius 1 is 1.39 bits per heavy atom. The number of benzene rings is 1. The normalized spacial score (nSPS) is 26.6. The number of hydrogen-bond donors (Lipinski definition) is 1. The Kier molecular flexibility index (Phi) is 3.12. The fourth-order valence-corrected chi connectivity index (χ4v) is 3.91. The third-order valence-electron chi connectivity index (χ3n) is 3.62. The van der Waals surface area contributed by atoms with Crippen molar-refractivity contribution < 1.29 is 9.90 Å². The van der Waals surface area contributed by atoms with Crippen LogP contribution in [0.5, 0.6) is 0 Å². The summed E-state index contributed by atoms with van der Waals surface area (Å²) in [4.78, 5) is 15.3. The number of carbonyl (C=O) groups is 1. The van der Waals surface area contributed by atoms with E-state index in [1.165, 1.54) is 17.5 Å². The maximum Gasteiger partial charge on any atom is 0.329 e. The van der Waals surface area contributed by atoms with E-state index in [2.05, 4.69) is 29.3 Å². The van der Waals surface area contributed by atoms with E-state index in [-0.39, 0.29) is 0 Å². The summed E-state index contributed by atoms with van der Waals surface area (Å²) in [6, 6.07) is 7.93. The number of nitrogens with zero attached hydrogens (tertiary/aromatic N) is 1. The first-order valence-electron chi connectivity index (χ1n) is 6.27. The van der Waals surface area contributed by atoms with Gasteiger partial charge in [-0.2, -0.15) is 0 Å². The first-order chi connectivity index (χ1) is 8.75. The van der Waals surface area contributed by atoms with Crippen LogP contribution in [-0.2, 0) is 11.2 Å². The molecular formula is C14H15NO2S. The van der Waals surface area contributed by atoms with Crippen molar-refractivity contribution in [3.63, 3.8) is 0 Å². The maximum atomic E-state index is 11.0. The molecule has 1 heterocycles.